The zero-order valence-electron chi connectivity index (χ0n) is 12.2. The molecule has 1 aliphatic rings. The van der Waals surface area contributed by atoms with Gasteiger partial charge in [0.2, 0.25) is 11.8 Å². The van der Waals surface area contributed by atoms with E-state index < -0.39 is 17.8 Å². The molecule has 2 unspecified atom stereocenters. The molecule has 1 fully saturated rings. The predicted octanol–water partition coefficient (Wildman–Crippen LogP) is 0.862. The van der Waals surface area contributed by atoms with Crippen LogP contribution in [0.2, 0.25) is 0 Å². The molecule has 0 radical (unpaired) electrons. The van der Waals surface area contributed by atoms with Gasteiger partial charge in [0.05, 0.1) is 18.4 Å². The van der Waals surface area contributed by atoms with Crippen molar-refractivity contribution in [1.82, 2.24) is 10.2 Å². The van der Waals surface area contributed by atoms with E-state index in [9.17, 15) is 19.5 Å². The van der Waals surface area contributed by atoms with Crippen molar-refractivity contribution in [2.75, 3.05) is 20.1 Å². The average Bonchev–Trinajstić information content (AvgIpc) is 2.45. The first-order valence-corrected chi connectivity index (χ1v) is 7.23. The molecule has 2 atom stereocenters. The fourth-order valence-electron chi connectivity index (χ4n) is 2.75. The van der Waals surface area contributed by atoms with E-state index in [2.05, 4.69) is 5.32 Å². The van der Waals surface area contributed by atoms with E-state index in [4.69, 9.17) is 0 Å². The Balaban J connectivity index is 2.80. The summed E-state index contributed by atoms with van der Waals surface area (Å²) >= 11 is 0. The summed E-state index contributed by atoms with van der Waals surface area (Å²) in [6.45, 7) is 2.42. The average molecular weight is 284 g/mol. The molecule has 0 spiro atoms. The summed E-state index contributed by atoms with van der Waals surface area (Å²) in [5.74, 6) is -2.42. The van der Waals surface area contributed by atoms with Crippen molar-refractivity contribution in [2.45, 2.75) is 39.0 Å². The highest BCUT2D eigenvalue weighted by Gasteiger charge is 2.37. The van der Waals surface area contributed by atoms with Crippen LogP contribution in [0.15, 0.2) is 0 Å². The highest BCUT2D eigenvalue weighted by Crippen LogP contribution is 2.31. The second-order valence-electron chi connectivity index (χ2n) is 5.27. The number of amides is 2. The van der Waals surface area contributed by atoms with Crippen molar-refractivity contribution in [2.24, 2.45) is 11.8 Å². The van der Waals surface area contributed by atoms with Crippen molar-refractivity contribution in [3.05, 3.63) is 0 Å². The number of carbonyl (C=O) groups is 3. The second kappa shape index (κ2) is 7.87. The number of nitrogens with one attached hydrogen (secondary N) is 1. The Kier molecular flexibility index (Phi) is 6.48. The molecule has 0 aliphatic heterocycles. The van der Waals surface area contributed by atoms with Gasteiger partial charge >= 0.3 is 5.97 Å². The number of hydrogen-bond donors (Lipinski definition) is 2. The van der Waals surface area contributed by atoms with Crippen LogP contribution in [-0.4, -0.2) is 47.9 Å². The van der Waals surface area contributed by atoms with Crippen LogP contribution in [0.25, 0.3) is 0 Å². The highest BCUT2D eigenvalue weighted by molar-refractivity contribution is 5.88. The summed E-state index contributed by atoms with van der Waals surface area (Å²) in [4.78, 5) is 36.8. The molecule has 1 aliphatic carbocycles. The molecule has 20 heavy (non-hydrogen) atoms. The fraction of sp³-hybridized carbons (Fsp3) is 0.786. The van der Waals surface area contributed by atoms with E-state index in [0.717, 1.165) is 19.3 Å². The van der Waals surface area contributed by atoms with Gasteiger partial charge in [-0.1, -0.05) is 19.8 Å². The first-order chi connectivity index (χ1) is 9.51. The van der Waals surface area contributed by atoms with Crippen LogP contribution < -0.4 is 5.32 Å². The van der Waals surface area contributed by atoms with Crippen LogP contribution in [0.5, 0.6) is 0 Å². The number of likely N-dealkylation sites (N-methyl/N-ethyl adjacent to an activating group) is 1. The molecule has 1 saturated carbocycles. The second-order valence-corrected chi connectivity index (χ2v) is 5.27. The van der Waals surface area contributed by atoms with Crippen molar-refractivity contribution in [3.8, 4) is 0 Å². The molecule has 0 aromatic carbocycles. The minimum atomic E-state index is -0.903. The lowest BCUT2D eigenvalue weighted by atomic mass is 9.78. The molecule has 114 valence electrons. The molecular formula is C14H24N2O4. The van der Waals surface area contributed by atoms with Crippen LogP contribution in [-0.2, 0) is 14.4 Å². The lowest BCUT2D eigenvalue weighted by Gasteiger charge is -2.32. The standard InChI is InChI=1S/C14H24N2O4/c1-3-8-16(9-12(17)15-2)13(18)10-6-4-5-7-11(10)14(19)20/h10-11H,3-9H2,1-2H3,(H,15,17)(H,19,20). The fourth-order valence-corrected chi connectivity index (χ4v) is 2.75. The van der Waals surface area contributed by atoms with Gasteiger partial charge in [-0.25, -0.2) is 0 Å². The van der Waals surface area contributed by atoms with Crippen LogP contribution in [0.1, 0.15) is 39.0 Å². The Morgan fingerprint density at radius 2 is 1.80 bits per heavy atom. The molecule has 0 aromatic heterocycles. The van der Waals surface area contributed by atoms with Gasteiger partial charge in [-0.3, -0.25) is 14.4 Å². The maximum absolute atomic E-state index is 12.5. The molecule has 0 saturated heterocycles. The molecule has 2 amide bonds. The number of nitrogens with zero attached hydrogens (tertiary/aromatic N) is 1. The van der Waals surface area contributed by atoms with Gasteiger partial charge in [-0.15, -0.1) is 0 Å². The van der Waals surface area contributed by atoms with Gasteiger partial charge in [0.25, 0.3) is 0 Å². The lowest BCUT2D eigenvalue weighted by molar-refractivity contribution is -0.152. The van der Waals surface area contributed by atoms with Gasteiger partial charge in [-0.05, 0) is 19.3 Å². The van der Waals surface area contributed by atoms with E-state index in [1.54, 1.807) is 0 Å². The monoisotopic (exact) mass is 284 g/mol. The van der Waals surface area contributed by atoms with Crippen molar-refractivity contribution in [1.29, 1.82) is 0 Å². The predicted molar refractivity (Wildman–Crippen MR) is 74.0 cm³/mol. The Morgan fingerprint density at radius 3 is 2.30 bits per heavy atom. The number of carboxylic acid groups (broad SMARTS) is 1. The Bertz CT molecular complexity index is 370. The first kappa shape index (κ1) is 16.5. The Labute approximate surface area is 119 Å². The molecule has 0 bridgehead atoms. The third-order valence-electron chi connectivity index (χ3n) is 3.82. The maximum atomic E-state index is 12.5. The quantitative estimate of drug-likeness (QED) is 0.757. The van der Waals surface area contributed by atoms with Gasteiger partial charge < -0.3 is 15.3 Å². The summed E-state index contributed by atoms with van der Waals surface area (Å²) in [5.41, 5.74) is 0. The maximum Gasteiger partial charge on any atom is 0.307 e. The smallest absolute Gasteiger partial charge is 0.307 e. The molecule has 1 rings (SSSR count). The molecule has 6 heteroatoms. The Morgan fingerprint density at radius 1 is 1.20 bits per heavy atom. The van der Waals surface area contributed by atoms with E-state index in [0.29, 0.717) is 19.4 Å². The molecule has 0 aromatic rings. The Hall–Kier alpha value is -1.59. The van der Waals surface area contributed by atoms with Crippen LogP contribution in [0.4, 0.5) is 0 Å². The lowest BCUT2D eigenvalue weighted by Crippen LogP contribution is -2.46. The number of rotatable bonds is 6. The van der Waals surface area contributed by atoms with Gasteiger partial charge in [0.15, 0.2) is 0 Å². The zero-order valence-corrected chi connectivity index (χ0v) is 12.2. The summed E-state index contributed by atoms with van der Waals surface area (Å²) in [6.07, 6.45) is 3.62. The normalized spacial score (nSPS) is 22.1. The largest absolute Gasteiger partial charge is 0.481 e. The zero-order chi connectivity index (χ0) is 15.1. The number of hydrogen-bond acceptors (Lipinski definition) is 3. The SMILES string of the molecule is CCCN(CC(=O)NC)C(=O)C1CCCCC1C(=O)O. The number of aliphatic carboxylic acids is 1. The summed E-state index contributed by atoms with van der Waals surface area (Å²) < 4.78 is 0. The van der Waals surface area contributed by atoms with Gasteiger partial charge in [-0.2, -0.15) is 0 Å². The molecule has 2 N–H and O–H groups in total. The topological polar surface area (TPSA) is 86.7 Å². The summed E-state index contributed by atoms with van der Waals surface area (Å²) in [7, 11) is 1.53. The van der Waals surface area contributed by atoms with Gasteiger partial charge in [0.1, 0.15) is 0 Å². The van der Waals surface area contributed by atoms with Crippen molar-refractivity contribution < 1.29 is 19.5 Å². The number of carbonyl (C=O) groups excluding carboxylic acids is 2. The third kappa shape index (κ3) is 4.21. The first-order valence-electron chi connectivity index (χ1n) is 7.23. The molecular weight excluding hydrogens is 260 g/mol. The summed E-state index contributed by atoms with van der Waals surface area (Å²) in [6, 6.07) is 0. The van der Waals surface area contributed by atoms with Gasteiger partial charge in [0, 0.05) is 13.6 Å². The minimum Gasteiger partial charge on any atom is -0.481 e. The van der Waals surface area contributed by atoms with Crippen LogP contribution in [0.3, 0.4) is 0 Å². The van der Waals surface area contributed by atoms with Crippen LogP contribution in [0, 0.1) is 11.8 Å². The van der Waals surface area contributed by atoms with E-state index in [1.165, 1.54) is 11.9 Å². The van der Waals surface area contributed by atoms with E-state index in [-0.39, 0.29) is 18.4 Å². The minimum absolute atomic E-state index is 0.00596. The van der Waals surface area contributed by atoms with Crippen molar-refractivity contribution >= 4 is 17.8 Å². The summed E-state index contributed by atoms with van der Waals surface area (Å²) in [5, 5.41) is 11.7. The van der Waals surface area contributed by atoms with E-state index in [1.807, 2.05) is 6.92 Å². The van der Waals surface area contributed by atoms with Crippen LogP contribution >= 0.6 is 0 Å². The molecule has 6 nitrogen and oxygen atoms in total. The van der Waals surface area contributed by atoms with E-state index >= 15 is 0 Å². The highest BCUT2D eigenvalue weighted by atomic mass is 16.4. The number of carboxylic acids is 1. The van der Waals surface area contributed by atoms with Crippen molar-refractivity contribution in [3.63, 3.8) is 0 Å². The molecule has 0 heterocycles. The third-order valence-corrected chi connectivity index (χ3v) is 3.82.